The lowest BCUT2D eigenvalue weighted by Gasteiger charge is -2.32. The maximum atomic E-state index is 12.8. The largest absolute Gasteiger partial charge is 0.363 e. The predicted octanol–water partition coefficient (Wildman–Crippen LogP) is 3.33. The first-order valence-electron chi connectivity index (χ1n) is 11.2. The highest BCUT2D eigenvalue weighted by atomic mass is 16.2. The number of rotatable bonds is 5. The van der Waals surface area contributed by atoms with E-state index in [1.165, 1.54) is 0 Å². The molecule has 5 rings (SSSR count). The second-order valence-corrected chi connectivity index (χ2v) is 8.45. The zero-order valence-electron chi connectivity index (χ0n) is 18.9. The molecule has 0 bridgehead atoms. The Hall–Kier alpha value is -3.78. The van der Waals surface area contributed by atoms with E-state index in [1.54, 1.807) is 0 Å². The topological polar surface area (TPSA) is 90.0 Å². The summed E-state index contributed by atoms with van der Waals surface area (Å²) in [7, 11) is 2.08. The Morgan fingerprint density at radius 1 is 1.00 bits per heavy atom. The molecule has 0 spiro atoms. The summed E-state index contributed by atoms with van der Waals surface area (Å²) in [5, 5.41) is 3.34. The zero-order valence-corrected chi connectivity index (χ0v) is 18.9. The molecule has 3 heterocycles. The summed E-state index contributed by atoms with van der Waals surface area (Å²) < 4.78 is 0. The highest BCUT2D eigenvalue weighted by Gasteiger charge is 2.20. The van der Waals surface area contributed by atoms with Gasteiger partial charge in [-0.3, -0.25) is 4.79 Å². The quantitative estimate of drug-likeness (QED) is 0.494. The molecule has 168 valence electrons. The van der Waals surface area contributed by atoms with Gasteiger partial charge in [0.25, 0.3) is 5.91 Å². The molecule has 0 radical (unpaired) electrons. The van der Waals surface area contributed by atoms with Crippen LogP contribution in [0.2, 0.25) is 0 Å². The van der Waals surface area contributed by atoms with Crippen molar-refractivity contribution in [3.63, 3.8) is 0 Å². The van der Waals surface area contributed by atoms with Crippen LogP contribution < -0.4 is 5.32 Å². The number of imidazole rings is 1. The van der Waals surface area contributed by atoms with Crippen molar-refractivity contribution >= 4 is 22.8 Å². The highest BCUT2D eigenvalue weighted by molar-refractivity contribution is 5.94. The van der Waals surface area contributed by atoms with Crippen molar-refractivity contribution in [2.24, 2.45) is 0 Å². The number of piperazine rings is 1. The molecule has 0 saturated carbocycles. The maximum Gasteiger partial charge on any atom is 0.253 e. The minimum Gasteiger partial charge on any atom is -0.363 e. The molecule has 33 heavy (non-hydrogen) atoms. The fourth-order valence-corrected chi connectivity index (χ4v) is 4.01. The van der Waals surface area contributed by atoms with Gasteiger partial charge in [0, 0.05) is 49.1 Å². The van der Waals surface area contributed by atoms with Crippen molar-refractivity contribution in [2.75, 3.05) is 38.5 Å². The number of carbonyl (C=O) groups excluding carboxylic acids is 1. The molecule has 2 aromatic heterocycles. The lowest BCUT2D eigenvalue weighted by Crippen LogP contribution is -2.47. The lowest BCUT2D eigenvalue weighted by molar-refractivity contribution is 0.0664. The van der Waals surface area contributed by atoms with Crippen molar-refractivity contribution in [2.45, 2.75) is 13.5 Å². The molecule has 0 atom stereocenters. The van der Waals surface area contributed by atoms with Crippen LogP contribution in [0.3, 0.4) is 0 Å². The van der Waals surface area contributed by atoms with Crippen molar-refractivity contribution in [1.29, 1.82) is 0 Å². The first-order valence-corrected chi connectivity index (χ1v) is 11.2. The van der Waals surface area contributed by atoms with Crippen LogP contribution in [0.25, 0.3) is 22.4 Å². The number of H-pyrrole nitrogens is 1. The minimum atomic E-state index is 0.0769. The summed E-state index contributed by atoms with van der Waals surface area (Å²) in [4.78, 5) is 34.1. The van der Waals surface area contributed by atoms with Crippen LogP contribution >= 0.6 is 0 Å². The number of para-hydroxylation sites is 2. The number of benzene rings is 2. The van der Waals surface area contributed by atoms with Gasteiger partial charge in [-0.25, -0.2) is 15.0 Å². The Balaban J connectivity index is 1.29. The number of aromatic nitrogens is 4. The van der Waals surface area contributed by atoms with Crippen LogP contribution in [-0.4, -0.2) is 68.9 Å². The Kier molecular flexibility index (Phi) is 5.75. The van der Waals surface area contributed by atoms with Gasteiger partial charge in [0.05, 0.1) is 17.6 Å². The highest BCUT2D eigenvalue weighted by Crippen LogP contribution is 2.20. The van der Waals surface area contributed by atoms with Crippen molar-refractivity contribution < 1.29 is 4.79 Å². The van der Waals surface area contributed by atoms with E-state index in [2.05, 4.69) is 37.2 Å². The summed E-state index contributed by atoms with van der Waals surface area (Å²) in [5.74, 6) is 2.28. The minimum absolute atomic E-state index is 0.0769. The zero-order chi connectivity index (χ0) is 22.8. The van der Waals surface area contributed by atoms with Gasteiger partial charge in [-0.15, -0.1) is 0 Å². The molecular weight excluding hydrogens is 414 g/mol. The second kappa shape index (κ2) is 8.99. The van der Waals surface area contributed by atoms with Crippen LogP contribution in [0.1, 0.15) is 21.9 Å². The summed E-state index contributed by atoms with van der Waals surface area (Å²) in [6.07, 6.45) is 0. The number of aromatic amines is 1. The summed E-state index contributed by atoms with van der Waals surface area (Å²) in [6.45, 7) is 5.82. The monoisotopic (exact) mass is 441 g/mol. The Morgan fingerprint density at radius 3 is 2.52 bits per heavy atom. The number of likely N-dealkylation sites (N-methyl/N-ethyl adjacent to an activating group) is 1. The summed E-state index contributed by atoms with van der Waals surface area (Å²) >= 11 is 0. The standard InChI is InChI=1S/C25H27N7O/c1-17-15-22(26-16-23-28-20-5-3-4-6-21(20)29-23)30-24(27-17)18-7-9-19(10-8-18)25(33)32-13-11-31(2)12-14-32/h3-10,15H,11-14,16H2,1-2H3,(H,28,29)(H,26,27,30). The SMILES string of the molecule is Cc1cc(NCc2nc3ccccc3[nH]2)nc(-c2ccc(C(=O)N3CCN(C)CC3)cc2)n1. The van der Waals surface area contributed by atoms with Crippen LogP contribution in [0.4, 0.5) is 5.82 Å². The van der Waals surface area contributed by atoms with Gasteiger partial charge >= 0.3 is 0 Å². The number of hydrogen-bond acceptors (Lipinski definition) is 6. The van der Waals surface area contributed by atoms with E-state index in [9.17, 15) is 4.79 Å². The number of nitrogens with one attached hydrogen (secondary N) is 2. The van der Waals surface area contributed by atoms with Gasteiger partial charge in [0.1, 0.15) is 11.6 Å². The molecule has 0 aliphatic carbocycles. The number of hydrogen-bond donors (Lipinski definition) is 2. The van der Waals surface area contributed by atoms with Crippen LogP contribution in [0, 0.1) is 6.92 Å². The first kappa shape index (κ1) is 21.1. The van der Waals surface area contributed by atoms with Gasteiger partial charge in [0.15, 0.2) is 5.82 Å². The molecule has 0 unspecified atom stereocenters. The van der Waals surface area contributed by atoms with E-state index in [-0.39, 0.29) is 5.91 Å². The molecule has 1 saturated heterocycles. The van der Waals surface area contributed by atoms with E-state index < -0.39 is 0 Å². The number of fused-ring (bicyclic) bond motifs is 1. The molecule has 2 N–H and O–H groups in total. The van der Waals surface area contributed by atoms with E-state index in [1.807, 2.05) is 66.4 Å². The third kappa shape index (κ3) is 4.70. The van der Waals surface area contributed by atoms with Gasteiger partial charge < -0.3 is 20.1 Å². The number of amides is 1. The third-order valence-corrected chi connectivity index (χ3v) is 5.91. The van der Waals surface area contributed by atoms with Crippen LogP contribution in [0.15, 0.2) is 54.6 Å². The van der Waals surface area contributed by atoms with E-state index >= 15 is 0 Å². The number of anilines is 1. The van der Waals surface area contributed by atoms with E-state index in [4.69, 9.17) is 0 Å². The maximum absolute atomic E-state index is 12.8. The molecular formula is C25H27N7O. The van der Waals surface area contributed by atoms with Gasteiger partial charge in [0.2, 0.25) is 0 Å². The molecule has 1 aliphatic heterocycles. The molecule has 1 amide bonds. The number of nitrogens with zero attached hydrogens (tertiary/aromatic N) is 5. The van der Waals surface area contributed by atoms with Gasteiger partial charge in [-0.05, 0) is 38.2 Å². The van der Waals surface area contributed by atoms with Crippen molar-refractivity contribution in [1.82, 2.24) is 29.7 Å². The number of carbonyl (C=O) groups is 1. The van der Waals surface area contributed by atoms with Crippen LogP contribution in [-0.2, 0) is 6.54 Å². The normalized spacial score (nSPS) is 14.5. The fourth-order valence-electron chi connectivity index (χ4n) is 4.01. The first-order chi connectivity index (χ1) is 16.0. The average molecular weight is 442 g/mol. The second-order valence-electron chi connectivity index (χ2n) is 8.45. The van der Waals surface area contributed by atoms with Gasteiger partial charge in [-0.1, -0.05) is 24.3 Å². The Morgan fingerprint density at radius 2 is 1.76 bits per heavy atom. The smallest absolute Gasteiger partial charge is 0.253 e. The van der Waals surface area contributed by atoms with E-state index in [0.717, 1.165) is 60.1 Å². The molecule has 2 aromatic carbocycles. The Bertz CT molecular complexity index is 1240. The molecule has 8 nitrogen and oxygen atoms in total. The molecule has 8 heteroatoms. The average Bonchev–Trinajstić information content (AvgIpc) is 3.26. The third-order valence-electron chi connectivity index (χ3n) is 5.91. The Labute approximate surface area is 192 Å². The fraction of sp³-hybridized carbons (Fsp3) is 0.280. The van der Waals surface area contributed by atoms with Crippen molar-refractivity contribution in [3.8, 4) is 11.4 Å². The lowest BCUT2D eigenvalue weighted by atomic mass is 10.1. The van der Waals surface area contributed by atoms with E-state index in [0.29, 0.717) is 17.9 Å². The van der Waals surface area contributed by atoms with Gasteiger partial charge in [-0.2, -0.15) is 0 Å². The molecule has 1 aliphatic rings. The number of aryl methyl sites for hydroxylation is 1. The predicted molar refractivity (Wildman–Crippen MR) is 129 cm³/mol. The molecule has 1 fully saturated rings. The summed E-state index contributed by atoms with van der Waals surface area (Å²) in [6, 6.07) is 17.4. The summed E-state index contributed by atoms with van der Waals surface area (Å²) in [5.41, 5.74) is 4.39. The van der Waals surface area contributed by atoms with Crippen LogP contribution in [0.5, 0.6) is 0 Å². The van der Waals surface area contributed by atoms with Crippen molar-refractivity contribution in [3.05, 3.63) is 71.7 Å². The molecule has 4 aromatic rings.